The predicted molar refractivity (Wildman–Crippen MR) is 113 cm³/mol. The van der Waals surface area contributed by atoms with Crippen molar-refractivity contribution in [3.05, 3.63) is 87.1 Å². The van der Waals surface area contributed by atoms with E-state index in [4.69, 9.17) is 0 Å². The van der Waals surface area contributed by atoms with Gasteiger partial charge in [-0.1, -0.05) is 30.3 Å². The van der Waals surface area contributed by atoms with Crippen molar-refractivity contribution in [1.29, 1.82) is 0 Å². The number of carbonyl (C=O) groups excluding carboxylic acids is 2. The zero-order valence-corrected chi connectivity index (χ0v) is 16.9. The number of nitrogens with one attached hydrogen (secondary N) is 1. The summed E-state index contributed by atoms with van der Waals surface area (Å²) in [5.41, 5.74) is 4.46. The second-order valence-electron chi connectivity index (χ2n) is 7.23. The van der Waals surface area contributed by atoms with Gasteiger partial charge in [0, 0.05) is 23.2 Å². The summed E-state index contributed by atoms with van der Waals surface area (Å²) >= 11 is 1.57. The Hall–Kier alpha value is -2.92. The van der Waals surface area contributed by atoms with Gasteiger partial charge in [0.1, 0.15) is 0 Å². The Morgan fingerprint density at radius 2 is 1.82 bits per heavy atom. The highest BCUT2D eigenvalue weighted by atomic mass is 32.1. The van der Waals surface area contributed by atoms with E-state index in [0.717, 1.165) is 21.7 Å². The number of amides is 2. The number of likely N-dealkylation sites (N-methyl/N-ethyl adjacent to an activating group) is 1. The molecule has 2 heterocycles. The van der Waals surface area contributed by atoms with Crippen LogP contribution in [0.25, 0.3) is 0 Å². The molecule has 0 aliphatic carbocycles. The molecule has 0 spiro atoms. The van der Waals surface area contributed by atoms with E-state index in [9.17, 15) is 9.59 Å². The zero-order chi connectivity index (χ0) is 19.8. The molecule has 1 aromatic heterocycles. The molecule has 2 amide bonds. The second-order valence-corrected chi connectivity index (χ2v) is 8.21. The normalized spacial score (nSPS) is 18.7. The van der Waals surface area contributed by atoms with Crippen LogP contribution >= 0.6 is 11.3 Å². The minimum absolute atomic E-state index is 0.0516. The van der Waals surface area contributed by atoms with Gasteiger partial charge in [-0.3, -0.25) is 9.59 Å². The van der Waals surface area contributed by atoms with Crippen LogP contribution in [0.5, 0.6) is 0 Å². The van der Waals surface area contributed by atoms with E-state index in [2.05, 4.69) is 5.32 Å². The third-order valence-electron chi connectivity index (χ3n) is 5.47. The highest BCUT2D eigenvalue weighted by molar-refractivity contribution is 7.10. The molecule has 142 valence electrons. The summed E-state index contributed by atoms with van der Waals surface area (Å²) < 4.78 is 0. The average molecular weight is 391 g/mol. The lowest BCUT2D eigenvalue weighted by atomic mass is 9.81. The Balaban J connectivity index is 1.78. The van der Waals surface area contributed by atoms with Crippen molar-refractivity contribution in [3.8, 4) is 0 Å². The Bertz CT molecular complexity index is 1040. The molecule has 0 saturated heterocycles. The van der Waals surface area contributed by atoms with Crippen LogP contribution in [0.2, 0.25) is 0 Å². The van der Waals surface area contributed by atoms with Crippen LogP contribution in [-0.2, 0) is 4.79 Å². The number of hydrogen-bond donors (Lipinski definition) is 1. The fourth-order valence-electron chi connectivity index (χ4n) is 3.81. The van der Waals surface area contributed by atoms with Crippen molar-refractivity contribution >= 4 is 28.8 Å². The number of aryl methyl sites for hydroxylation is 2. The first-order valence-electron chi connectivity index (χ1n) is 9.25. The summed E-state index contributed by atoms with van der Waals surface area (Å²) in [5.74, 6) is -0.628. The van der Waals surface area contributed by atoms with E-state index in [0.29, 0.717) is 5.56 Å². The molecular weight excluding hydrogens is 368 g/mol. The maximum atomic E-state index is 13.4. The number of fused-ring (bicyclic) bond motifs is 1. The van der Waals surface area contributed by atoms with Crippen molar-refractivity contribution < 1.29 is 9.59 Å². The summed E-state index contributed by atoms with van der Waals surface area (Å²) in [4.78, 5) is 29.1. The molecule has 28 heavy (non-hydrogen) atoms. The summed E-state index contributed by atoms with van der Waals surface area (Å²) in [5, 5.41) is 5.05. The van der Waals surface area contributed by atoms with Crippen LogP contribution in [-0.4, -0.2) is 23.8 Å². The van der Waals surface area contributed by atoms with Crippen molar-refractivity contribution in [1.82, 2.24) is 4.90 Å². The van der Waals surface area contributed by atoms with Gasteiger partial charge in [-0.15, -0.1) is 11.3 Å². The Morgan fingerprint density at radius 3 is 2.54 bits per heavy atom. The molecule has 0 saturated carbocycles. The molecule has 2 atom stereocenters. The van der Waals surface area contributed by atoms with E-state index in [1.807, 2.05) is 67.8 Å². The molecule has 4 rings (SSSR count). The van der Waals surface area contributed by atoms with Crippen molar-refractivity contribution in [3.63, 3.8) is 0 Å². The van der Waals surface area contributed by atoms with Crippen LogP contribution in [0.3, 0.4) is 0 Å². The molecule has 1 N–H and O–H groups in total. The highest BCUT2D eigenvalue weighted by Crippen LogP contribution is 2.43. The van der Waals surface area contributed by atoms with Crippen molar-refractivity contribution in [2.75, 3.05) is 12.4 Å². The van der Waals surface area contributed by atoms with E-state index in [-0.39, 0.29) is 17.9 Å². The van der Waals surface area contributed by atoms with E-state index >= 15 is 0 Å². The molecule has 1 aliphatic rings. The maximum absolute atomic E-state index is 13.4. The molecule has 2 aromatic carbocycles. The molecule has 4 nitrogen and oxygen atoms in total. The summed E-state index contributed by atoms with van der Waals surface area (Å²) in [7, 11) is 1.78. The first-order chi connectivity index (χ1) is 13.5. The van der Waals surface area contributed by atoms with Gasteiger partial charge < -0.3 is 10.2 Å². The first kappa shape index (κ1) is 18.4. The molecular formula is C23H22N2O2S. The van der Waals surface area contributed by atoms with Gasteiger partial charge in [-0.05, 0) is 60.2 Å². The monoisotopic (exact) mass is 390 g/mol. The second kappa shape index (κ2) is 7.24. The summed E-state index contributed by atoms with van der Waals surface area (Å²) in [6.07, 6.45) is 0. The standard InChI is InChI=1S/C23H22N2O2S/c1-14-10-11-16(13-15(14)2)24-22(26)20-17-7-4-5-8-18(17)23(27)25(3)21(20)19-9-6-12-28-19/h4-13,20-21H,1-3H3,(H,24,26)/t20-,21+/m0/s1. The minimum Gasteiger partial charge on any atom is -0.333 e. The van der Waals surface area contributed by atoms with Crippen LogP contribution in [0, 0.1) is 13.8 Å². The number of hydrogen-bond acceptors (Lipinski definition) is 3. The number of anilines is 1. The fourth-order valence-corrected chi connectivity index (χ4v) is 4.72. The predicted octanol–water partition coefficient (Wildman–Crippen LogP) is 4.91. The summed E-state index contributed by atoms with van der Waals surface area (Å²) in [6.45, 7) is 4.08. The number of benzene rings is 2. The molecule has 1 aliphatic heterocycles. The fraction of sp³-hybridized carbons (Fsp3) is 0.217. The van der Waals surface area contributed by atoms with Crippen LogP contribution in [0.15, 0.2) is 60.0 Å². The molecule has 0 fully saturated rings. The van der Waals surface area contributed by atoms with Gasteiger partial charge in [-0.25, -0.2) is 0 Å². The van der Waals surface area contributed by atoms with Crippen LogP contribution < -0.4 is 5.32 Å². The third kappa shape index (κ3) is 3.12. The minimum atomic E-state index is -0.473. The zero-order valence-electron chi connectivity index (χ0n) is 16.1. The average Bonchev–Trinajstić information content (AvgIpc) is 3.21. The van der Waals surface area contributed by atoms with E-state index < -0.39 is 5.92 Å². The van der Waals surface area contributed by atoms with Gasteiger partial charge >= 0.3 is 0 Å². The van der Waals surface area contributed by atoms with Crippen LogP contribution in [0.4, 0.5) is 5.69 Å². The molecule has 5 heteroatoms. The number of carbonyl (C=O) groups is 2. The highest BCUT2D eigenvalue weighted by Gasteiger charge is 2.43. The summed E-state index contributed by atoms with van der Waals surface area (Å²) in [6, 6.07) is 17.0. The van der Waals surface area contributed by atoms with Gasteiger partial charge in [0.05, 0.1) is 12.0 Å². The quantitative estimate of drug-likeness (QED) is 0.690. The largest absolute Gasteiger partial charge is 0.333 e. The number of rotatable bonds is 3. The Kier molecular flexibility index (Phi) is 4.77. The molecule has 0 bridgehead atoms. The molecule has 3 aromatic rings. The lowest BCUT2D eigenvalue weighted by molar-refractivity contribution is -0.119. The number of nitrogens with zero attached hydrogens (tertiary/aromatic N) is 1. The van der Waals surface area contributed by atoms with Crippen molar-refractivity contribution in [2.45, 2.75) is 25.8 Å². The van der Waals surface area contributed by atoms with Gasteiger partial charge in [0.15, 0.2) is 0 Å². The molecule has 0 unspecified atom stereocenters. The Morgan fingerprint density at radius 1 is 1.04 bits per heavy atom. The topological polar surface area (TPSA) is 49.4 Å². The molecule has 0 radical (unpaired) electrons. The SMILES string of the molecule is Cc1ccc(NC(=O)[C@H]2c3ccccc3C(=O)N(C)[C@@H]2c2cccs2)cc1C. The third-order valence-corrected chi connectivity index (χ3v) is 6.41. The van der Waals surface area contributed by atoms with Crippen molar-refractivity contribution in [2.24, 2.45) is 0 Å². The smallest absolute Gasteiger partial charge is 0.254 e. The van der Waals surface area contributed by atoms with Gasteiger partial charge in [-0.2, -0.15) is 0 Å². The van der Waals surface area contributed by atoms with Gasteiger partial charge in [0.2, 0.25) is 5.91 Å². The van der Waals surface area contributed by atoms with E-state index in [1.165, 1.54) is 5.56 Å². The van der Waals surface area contributed by atoms with Gasteiger partial charge in [0.25, 0.3) is 5.91 Å². The van der Waals surface area contributed by atoms with E-state index in [1.54, 1.807) is 29.4 Å². The Labute approximate surface area is 168 Å². The number of thiophene rings is 1. The maximum Gasteiger partial charge on any atom is 0.254 e. The first-order valence-corrected chi connectivity index (χ1v) is 10.1. The van der Waals surface area contributed by atoms with Crippen LogP contribution in [0.1, 0.15) is 43.9 Å². The lowest BCUT2D eigenvalue weighted by Gasteiger charge is -2.39. The lowest BCUT2D eigenvalue weighted by Crippen LogP contribution is -2.43.